The van der Waals surface area contributed by atoms with Crippen LogP contribution in [0.3, 0.4) is 0 Å². The van der Waals surface area contributed by atoms with Gasteiger partial charge in [0, 0.05) is 9.50 Å². The van der Waals surface area contributed by atoms with Gasteiger partial charge >= 0.3 is 0 Å². The van der Waals surface area contributed by atoms with Gasteiger partial charge in [0.2, 0.25) is 0 Å². The molecule has 20 heavy (non-hydrogen) atoms. The quantitative estimate of drug-likeness (QED) is 0.802. The number of benzene rings is 2. The van der Waals surface area contributed by atoms with Crippen molar-refractivity contribution in [2.75, 3.05) is 6.54 Å². The topological polar surface area (TPSA) is 12.0 Å². The zero-order chi connectivity index (χ0) is 14.7. The molecule has 0 aliphatic carbocycles. The smallest absolute Gasteiger partial charge is 0.123 e. The van der Waals surface area contributed by atoms with E-state index in [0.717, 1.165) is 4.47 Å². The molecule has 2 rings (SSSR count). The Balaban J connectivity index is 2.55. The first-order chi connectivity index (χ1) is 9.52. The number of rotatable bonds is 4. The van der Waals surface area contributed by atoms with Crippen LogP contribution in [0, 0.1) is 11.6 Å². The van der Waals surface area contributed by atoms with Gasteiger partial charge in [-0.1, -0.05) is 34.5 Å². The third-order valence-electron chi connectivity index (χ3n) is 2.95. The Morgan fingerprint density at radius 2 is 1.70 bits per heavy atom. The SMILES string of the molecule is CCNC(c1cc(F)ccc1Cl)c1cc(F)ccc1Br. The Morgan fingerprint density at radius 1 is 1.10 bits per heavy atom. The molecule has 2 aromatic carbocycles. The van der Waals surface area contributed by atoms with E-state index >= 15 is 0 Å². The zero-order valence-electron chi connectivity index (χ0n) is 10.8. The largest absolute Gasteiger partial charge is 0.306 e. The molecule has 1 N–H and O–H groups in total. The molecule has 0 spiro atoms. The third kappa shape index (κ3) is 3.37. The summed E-state index contributed by atoms with van der Waals surface area (Å²) in [5.74, 6) is -0.724. The van der Waals surface area contributed by atoms with Crippen LogP contribution in [0.25, 0.3) is 0 Å². The molecule has 5 heteroatoms. The summed E-state index contributed by atoms with van der Waals surface area (Å²) in [6.07, 6.45) is 0. The molecule has 106 valence electrons. The number of hydrogen-bond donors (Lipinski definition) is 1. The molecule has 0 radical (unpaired) electrons. The summed E-state index contributed by atoms with van der Waals surface area (Å²) in [4.78, 5) is 0. The average Bonchev–Trinajstić information content (AvgIpc) is 2.42. The van der Waals surface area contributed by atoms with Crippen LogP contribution in [-0.2, 0) is 0 Å². The Kier molecular flexibility index (Phi) is 5.13. The minimum Gasteiger partial charge on any atom is -0.306 e. The van der Waals surface area contributed by atoms with Gasteiger partial charge in [-0.25, -0.2) is 8.78 Å². The molecule has 0 saturated heterocycles. The zero-order valence-corrected chi connectivity index (χ0v) is 13.1. The Labute approximate surface area is 130 Å². The summed E-state index contributed by atoms with van der Waals surface area (Å²) < 4.78 is 27.7. The summed E-state index contributed by atoms with van der Waals surface area (Å²) >= 11 is 9.55. The lowest BCUT2D eigenvalue weighted by atomic mass is 9.98. The summed E-state index contributed by atoms with van der Waals surface area (Å²) in [7, 11) is 0. The molecule has 1 unspecified atom stereocenters. The maximum Gasteiger partial charge on any atom is 0.123 e. The van der Waals surface area contributed by atoms with Crippen molar-refractivity contribution in [3.05, 3.63) is 68.7 Å². The minimum atomic E-state index is -0.381. The lowest BCUT2D eigenvalue weighted by molar-refractivity contribution is 0.591. The second kappa shape index (κ2) is 6.66. The monoisotopic (exact) mass is 359 g/mol. The van der Waals surface area contributed by atoms with Crippen LogP contribution >= 0.6 is 27.5 Å². The van der Waals surface area contributed by atoms with E-state index in [4.69, 9.17) is 11.6 Å². The summed E-state index contributed by atoms with van der Waals surface area (Å²) in [5.41, 5.74) is 1.26. The van der Waals surface area contributed by atoms with E-state index in [1.807, 2.05) is 6.92 Å². The van der Waals surface area contributed by atoms with E-state index in [-0.39, 0.29) is 17.7 Å². The molecule has 0 saturated carbocycles. The predicted octanol–water partition coefficient (Wildman–Crippen LogP) is 5.08. The number of nitrogens with one attached hydrogen (secondary N) is 1. The highest BCUT2D eigenvalue weighted by Gasteiger charge is 2.19. The van der Waals surface area contributed by atoms with Crippen molar-refractivity contribution in [2.24, 2.45) is 0 Å². The van der Waals surface area contributed by atoms with Crippen molar-refractivity contribution in [1.29, 1.82) is 0 Å². The molecular weight excluding hydrogens is 348 g/mol. The van der Waals surface area contributed by atoms with Crippen LogP contribution in [0.2, 0.25) is 5.02 Å². The molecule has 1 nitrogen and oxygen atoms in total. The fraction of sp³-hybridized carbons (Fsp3) is 0.200. The average molecular weight is 361 g/mol. The van der Waals surface area contributed by atoms with E-state index in [1.165, 1.54) is 30.3 Å². The first-order valence-electron chi connectivity index (χ1n) is 6.16. The van der Waals surface area contributed by atoms with E-state index in [2.05, 4.69) is 21.2 Å². The highest BCUT2D eigenvalue weighted by atomic mass is 79.9. The predicted molar refractivity (Wildman–Crippen MR) is 81.0 cm³/mol. The van der Waals surface area contributed by atoms with Gasteiger partial charge in [-0.3, -0.25) is 0 Å². The lowest BCUT2D eigenvalue weighted by Gasteiger charge is -2.21. The second-order valence-corrected chi connectivity index (χ2v) is 5.58. The maximum atomic E-state index is 13.5. The van der Waals surface area contributed by atoms with Gasteiger partial charge < -0.3 is 5.32 Å². The highest BCUT2D eigenvalue weighted by Crippen LogP contribution is 2.33. The van der Waals surface area contributed by atoms with Crippen molar-refractivity contribution in [2.45, 2.75) is 13.0 Å². The second-order valence-electron chi connectivity index (χ2n) is 4.32. The van der Waals surface area contributed by atoms with Crippen molar-refractivity contribution >= 4 is 27.5 Å². The molecule has 0 fully saturated rings. The Morgan fingerprint density at radius 3 is 2.35 bits per heavy atom. The van der Waals surface area contributed by atoms with Crippen LogP contribution < -0.4 is 5.32 Å². The van der Waals surface area contributed by atoms with Gasteiger partial charge in [-0.2, -0.15) is 0 Å². The standard InChI is InChI=1S/C15H13BrClF2N/c1-2-20-15(11-7-9(18)3-5-13(11)16)12-8-10(19)4-6-14(12)17/h3-8,15,20H,2H2,1H3. The number of hydrogen-bond acceptors (Lipinski definition) is 1. The van der Waals surface area contributed by atoms with Crippen molar-refractivity contribution in [3.8, 4) is 0 Å². The molecule has 0 amide bonds. The van der Waals surface area contributed by atoms with Gasteiger partial charge in [0.25, 0.3) is 0 Å². The highest BCUT2D eigenvalue weighted by molar-refractivity contribution is 9.10. The number of halogens is 4. The molecule has 0 aliphatic rings. The van der Waals surface area contributed by atoms with E-state index in [1.54, 1.807) is 6.07 Å². The first-order valence-corrected chi connectivity index (χ1v) is 7.33. The molecular formula is C15H13BrClF2N. The molecule has 0 aliphatic heterocycles. The van der Waals surface area contributed by atoms with Gasteiger partial charge in [0.05, 0.1) is 6.04 Å². The van der Waals surface area contributed by atoms with Crippen LogP contribution in [0.1, 0.15) is 24.1 Å². The van der Waals surface area contributed by atoms with Gasteiger partial charge in [-0.15, -0.1) is 0 Å². The van der Waals surface area contributed by atoms with E-state index < -0.39 is 0 Å². The molecule has 1 atom stereocenters. The molecule has 2 aromatic rings. The van der Waals surface area contributed by atoms with Gasteiger partial charge in [0.1, 0.15) is 11.6 Å². The van der Waals surface area contributed by atoms with Crippen molar-refractivity contribution in [3.63, 3.8) is 0 Å². The fourth-order valence-electron chi connectivity index (χ4n) is 2.06. The summed E-state index contributed by atoms with van der Waals surface area (Å²) in [6.45, 7) is 2.56. The van der Waals surface area contributed by atoms with Crippen LogP contribution in [-0.4, -0.2) is 6.54 Å². The Hall–Kier alpha value is -0.970. The minimum absolute atomic E-state index is 0.348. The molecule has 0 aromatic heterocycles. The van der Waals surface area contributed by atoms with Gasteiger partial charge in [0.15, 0.2) is 0 Å². The Bertz CT molecular complexity index is 567. The van der Waals surface area contributed by atoms with Gasteiger partial charge in [-0.05, 0) is 54.1 Å². The van der Waals surface area contributed by atoms with Crippen LogP contribution in [0.5, 0.6) is 0 Å². The normalized spacial score (nSPS) is 12.4. The maximum absolute atomic E-state index is 13.5. The lowest BCUT2D eigenvalue weighted by Crippen LogP contribution is -2.23. The van der Waals surface area contributed by atoms with E-state index in [9.17, 15) is 8.78 Å². The van der Waals surface area contributed by atoms with Crippen molar-refractivity contribution in [1.82, 2.24) is 5.32 Å². The summed E-state index contributed by atoms with van der Waals surface area (Å²) in [6, 6.07) is 8.20. The fourth-order valence-corrected chi connectivity index (χ4v) is 2.77. The van der Waals surface area contributed by atoms with Crippen LogP contribution in [0.15, 0.2) is 40.9 Å². The summed E-state index contributed by atoms with van der Waals surface area (Å²) in [5, 5.41) is 3.64. The van der Waals surface area contributed by atoms with Crippen molar-refractivity contribution < 1.29 is 8.78 Å². The third-order valence-corrected chi connectivity index (χ3v) is 4.01. The van der Waals surface area contributed by atoms with Crippen LogP contribution in [0.4, 0.5) is 8.78 Å². The molecule has 0 bridgehead atoms. The van der Waals surface area contributed by atoms with E-state index in [0.29, 0.717) is 22.7 Å². The first kappa shape index (κ1) is 15.4. The molecule has 0 heterocycles.